The Balaban J connectivity index is 2.46. The molecule has 1 aromatic carbocycles. The number of carbonyl (C=O) groups is 1. The largest absolute Gasteiger partial charge is 0.310 e. The molecule has 1 aliphatic rings. The average molecular weight is 258 g/mol. The number of anilines is 1. The zero-order valence-electron chi connectivity index (χ0n) is 8.69. The summed E-state index contributed by atoms with van der Waals surface area (Å²) in [5.41, 5.74) is 0.740. The van der Waals surface area contributed by atoms with Gasteiger partial charge in [-0.15, -0.1) is 11.6 Å². The summed E-state index contributed by atoms with van der Waals surface area (Å²) in [7, 11) is -1.01. The van der Waals surface area contributed by atoms with Crippen molar-refractivity contribution in [1.82, 2.24) is 0 Å². The van der Waals surface area contributed by atoms with Crippen LogP contribution in [0.25, 0.3) is 0 Å². The van der Waals surface area contributed by atoms with E-state index in [0.29, 0.717) is 12.3 Å². The first-order chi connectivity index (χ1) is 7.74. The Hall–Kier alpha value is -0.870. The van der Waals surface area contributed by atoms with Crippen LogP contribution >= 0.6 is 11.6 Å². The van der Waals surface area contributed by atoms with Gasteiger partial charge in [-0.05, 0) is 18.6 Å². The van der Waals surface area contributed by atoms with Crippen molar-refractivity contribution in [2.45, 2.75) is 11.3 Å². The zero-order valence-corrected chi connectivity index (χ0v) is 10.3. The molecule has 0 saturated carbocycles. The number of amides is 1. The molecule has 1 unspecified atom stereocenters. The number of hydrogen-bond acceptors (Lipinski definition) is 2. The lowest BCUT2D eigenvalue weighted by Gasteiger charge is -2.21. The normalized spacial score (nSPS) is 20.1. The zero-order chi connectivity index (χ0) is 11.5. The van der Waals surface area contributed by atoms with Crippen LogP contribution in [0.1, 0.15) is 6.42 Å². The molecule has 0 radical (unpaired) electrons. The molecular weight excluding hydrogens is 246 g/mol. The van der Waals surface area contributed by atoms with Crippen molar-refractivity contribution in [2.24, 2.45) is 0 Å². The van der Waals surface area contributed by atoms with Crippen LogP contribution in [-0.2, 0) is 15.6 Å². The van der Waals surface area contributed by atoms with Gasteiger partial charge in [0.05, 0.1) is 21.4 Å². The second kappa shape index (κ2) is 4.97. The van der Waals surface area contributed by atoms with Crippen LogP contribution in [0.15, 0.2) is 29.2 Å². The van der Waals surface area contributed by atoms with Gasteiger partial charge in [0.1, 0.15) is 5.88 Å². The van der Waals surface area contributed by atoms with Crippen LogP contribution < -0.4 is 4.90 Å². The highest BCUT2D eigenvalue weighted by Gasteiger charge is 2.23. The SMILES string of the molecule is O=C(CCl)N1CCCS(=O)c2ccccc21. The predicted molar refractivity (Wildman–Crippen MR) is 65.4 cm³/mol. The Morgan fingerprint density at radius 2 is 2.19 bits per heavy atom. The fourth-order valence-electron chi connectivity index (χ4n) is 1.79. The molecule has 0 saturated heterocycles. The second-order valence-electron chi connectivity index (χ2n) is 3.55. The summed E-state index contributed by atoms with van der Waals surface area (Å²) >= 11 is 5.57. The van der Waals surface area contributed by atoms with E-state index < -0.39 is 10.8 Å². The van der Waals surface area contributed by atoms with Gasteiger partial charge in [0.15, 0.2) is 0 Å². The molecule has 0 aromatic heterocycles. The van der Waals surface area contributed by atoms with Crippen LogP contribution in [0.3, 0.4) is 0 Å². The van der Waals surface area contributed by atoms with Gasteiger partial charge < -0.3 is 4.90 Å². The van der Waals surface area contributed by atoms with E-state index in [4.69, 9.17) is 11.6 Å². The van der Waals surface area contributed by atoms with Crippen molar-refractivity contribution in [2.75, 3.05) is 23.1 Å². The summed E-state index contributed by atoms with van der Waals surface area (Å²) in [6.45, 7) is 0.592. The summed E-state index contributed by atoms with van der Waals surface area (Å²) < 4.78 is 11.9. The molecule has 0 aliphatic carbocycles. The summed E-state index contributed by atoms with van der Waals surface area (Å²) in [4.78, 5) is 14.1. The molecular formula is C11H12ClNO2S. The number of halogens is 1. The quantitative estimate of drug-likeness (QED) is 0.719. The van der Waals surface area contributed by atoms with E-state index in [0.717, 1.165) is 17.0 Å². The van der Waals surface area contributed by atoms with Gasteiger partial charge in [-0.1, -0.05) is 12.1 Å². The lowest BCUT2D eigenvalue weighted by Crippen LogP contribution is -2.32. The third-order valence-corrected chi connectivity index (χ3v) is 4.25. The van der Waals surface area contributed by atoms with Gasteiger partial charge >= 0.3 is 0 Å². The van der Waals surface area contributed by atoms with E-state index >= 15 is 0 Å². The first-order valence-corrected chi connectivity index (χ1v) is 6.93. The lowest BCUT2D eigenvalue weighted by molar-refractivity contribution is -0.116. The van der Waals surface area contributed by atoms with Crippen molar-refractivity contribution in [3.8, 4) is 0 Å². The van der Waals surface area contributed by atoms with E-state index in [1.807, 2.05) is 24.3 Å². The smallest absolute Gasteiger partial charge is 0.241 e. The average Bonchev–Trinajstić information content (AvgIpc) is 2.49. The minimum absolute atomic E-state index is 0.0407. The standard InChI is InChI=1S/C11H12ClNO2S/c12-8-11(14)13-6-3-7-16(15)10-5-2-1-4-9(10)13/h1-2,4-5H,3,6-8H2. The minimum atomic E-state index is -1.01. The first-order valence-electron chi connectivity index (χ1n) is 5.08. The number of nitrogens with zero attached hydrogens (tertiary/aromatic N) is 1. The Kier molecular flexibility index (Phi) is 3.61. The third-order valence-electron chi connectivity index (χ3n) is 2.53. The Labute approximate surface area is 102 Å². The second-order valence-corrected chi connectivity index (χ2v) is 5.36. The maximum absolute atomic E-state index is 11.9. The summed E-state index contributed by atoms with van der Waals surface area (Å²) in [6, 6.07) is 7.32. The molecule has 1 amide bonds. The molecule has 0 N–H and O–H groups in total. The number of benzene rings is 1. The van der Waals surface area contributed by atoms with Gasteiger partial charge in [-0.25, -0.2) is 0 Å². The maximum atomic E-state index is 11.9. The van der Waals surface area contributed by atoms with E-state index in [-0.39, 0.29) is 11.8 Å². The molecule has 1 aromatic rings. The van der Waals surface area contributed by atoms with Crippen LogP contribution in [0.5, 0.6) is 0 Å². The van der Waals surface area contributed by atoms with Crippen LogP contribution in [-0.4, -0.2) is 28.3 Å². The summed E-state index contributed by atoms with van der Waals surface area (Å²) in [5.74, 6) is 0.428. The maximum Gasteiger partial charge on any atom is 0.241 e. The Bertz CT molecular complexity index is 436. The van der Waals surface area contributed by atoms with Crippen molar-refractivity contribution in [3.05, 3.63) is 24.3 Å². The molecule has 1 atom stereocenters. The number of para-hydroxylation sites is 1. The van der Waals surface area contributed by atoms with Crippen molar-refractivity contribution in [3.63, 3.8) is 0 Å². The number of fused-ring (bicyclic) bond motifs is 1. The first kappa shape index (κ1) is 11.6. The van der Waals surface area contributed by atoms with Crippen LogP contribution in [0, 0.1) is 0 Å². The fraction of sp³-hybridized carbons (Fsp3) is 0.364. The van der Waals surface area contributed by atoms with Crippen LogP contribution in [0.2, 0.25) is 0 Å². The molecule has 86 valence electrons. The van der Waals surface area contributed by atoms with Crippen molar-refractivity contribution >= 4 is 34.0 Å². The van der Waals surface area contributed by atoms with E-state index in [9.17, 15) is 9.00 Å². The van der Waals surface area contributed by atoms with Gasteiger partial charge in [-0.3, -0.25) is 9.00 Å². The van der Waals surface area contributed by atoms with Gasteiger partial charge in [0, 0.05) is 12.3 Å². The molecule has 3 nitrogen and oxygen atoms in total. The molecule has 2 rings (SSSR count). The molecule has 16 heavy (non-hydrogen) atoms. The predicted octanol–water partition coefficient (Wildman–Crippen LogP) is 1.77. The van der Waals surface area contributed by atoms with Gasteiger partial charge in [-0.2, -0.15) is 0 Å². The number of alkyl halides is 1. The van der Waals surface area contributed by atoms with Gasteiger partial charge in [0.2, 0.25) is 5.91 Å². The minimum Gasteiger partial charge on any atom is -0.310 e. The van der Waals surface area contributed by atoms with E-state index in [1.165, 1.54) is 0 Å². The third kappa shape index (κ3) is 2.13. The molecule has 1 aliphatic heterocycles. The highest BCUT2D eigenvalue weighted by molar-refractivity contribution is 7.85. The monoisotopic (exact) mass is 257 g/mol. The van der Waals surface area contributed by atoms with Crippen molar-refractivity contribution in [1.29, 1.82) is 0 Å². The Morgan fingerprint density at radius 3 is 2.94 bits per heavy atom. The number of carbonyl (C=O) groups excluding carboxylic acids is 1. The summed E-state index contributed by atoms with van der Waals surface area (Å²) in [6.07, 6.45) is 0.740. The van der Waals surface area contributed by atoms with E-state index in [1.54, 1.807) is 4.90 Å². The highest BCUT2D eigenvalue weighted by atomic mass is 35.5. The topological polar surface area (TPSA) is 37.4 Å². The number of hydrogen-bond donors (Lipinski definition) is 0. The fourth-order valence-corrected chi connectivity index (χ4v) is 3.19. The Morgan fingerprint density at radius 1 is 1.44 bits per heavy atom. The van der Waals surface area contributed by atoms with Gasteiger partial charge in [0.25, 0.3) is 0 Å². The lowest BCUT2D eigenvalue weighted by atomic mass is 10.2. The van der Waals surface area contributed by atoms with Crippen LogP contribution in [0.4, 0.5) is 5.69 Å². The molecule has 0 fully saturated rings. The highest BCUT2D eigenvalue weighted by Crippen LogP contribution is 2.27. The van der Waals surface area contributed by atoms with E-state index in [2.05, 4.69) is 0 Å². The summed E-state index contributed by atoms with van der Waals surface area (Å²) in [5, 5.41) is 0. The number of rotatable bonds is 1. The molecule has 0 bridgehead atoms. The molecule has 5 heteroatoms. The molecule has 1 heterocycles. The van der Waals surface area contributed by atoms with Crippen molar-refractivity contribution < 1.29 is 9.00 Å². The molecule has 0 spiro atoms.